The van der Waals surface area contributed by atoms with Gasteiger partial charge in [-0.1, -0.05) is 18.2 Å². The molecule has 7 heteroatoms. The lowest BCUT2D eigenvalue weighted by Gasteiger charge is -2.33. The second kappa shape index (κ2) is 9.27. The summed E-state index contributed by atoms with van der Waals surface area (Å²) in [4.78, 5) is 28.8. The van der Waals surface area contributed by atoms with E-state index in [1.165, 1.54) is 0 Å². The zero-order valence-electron chi connectivity index (χ0n) is 19.3. The standard InChI is InChI=1S/C25H33N3O4/c1-16(27-23(31)32-24(2,3)4)20-8-7-18-6-5-17(15-21(18)28-20)9-12-25(22(29)30)13-10-19(26)11-14-25/h5-8,15-16,26H,9-14H2,1-4H3,(H,27,31)(H,29,30)/t16-,25?/m1/s1. The molecular weight excluding hydrogens is 406 g/mol. The smallest absolute Gasteiger partial charge is 0.408 e. The Morgan fingerprint density at radius 3 is 2.50 bits per heavy atom. The quantitative estimate of drug-likeness (QED) is 0.556. The van der Waals surface area contributed by atoms with Crippen LogP contribution in [0, 0.1) is 10.8 Å². The number of carbonyl (C=O) groups is 2. The van der Waals surface area contributed by atoms with Crippen molar-refractivity contribution in [1.29, 1.82) is 5.41 Å². The van der Waals surface area contributed by atoms with E-state index in [4.69, 9.17) is 15.1 Å². The highest BCUT2D eigenvalue weighted by Crippen LogP contribution is 2.39. The van der Waals surface area contributed by atoms with Crippen LogP contribution in [0.25, 0.3) is 10.9 Å². The number of hydrogen-bond donors (Lipinski definition) is 3. The Balaban J connectivity index is 1.73. The number of aryl methyl sites for hydroxylation is 1. The number of rotatable bonds is 6. The van der Waals surface area contributed by atoms with E-state index in [9.17, 15) is 14.7 Å². The molecule has 1 aliphatic rings. The van der Waals surface area contributed by atoms with Crippen molar-refractivity contribution in [2.45, 2.75) is 77.9 Å². The zero-order chi connectivity index (χ0) is 23.5. The molecule has 1 atom stereocenters. The van der Waals surface area contributed by atoms with Gasteiger partial charge in [0, 0.05) is 11.1 Å². The van der Waals surface area contributed by atoms with Crippen LogP contribution < -0.4 is 5.32 Å². The lowest BCUT2D eigenvalue weighted by Crippen LogP contribution is -2.36. The number of nitrogens with zero attached hydrogens (tertiary/aromatic N) is 1. The Bertz CT molecular complexity index is 1020. The summed E-state index contributed by atoms with van der Waals surface area (Å²) < 4.78 is 5.32. The third-order valence-corrected chi connectivity index (χ3v) is 6.11. The van der Waals surface area contributed by atoms with Gasteiger partial charge in [-0.15, -0.1) is 0 Å². The van der Waals surface area contributed by atoms with Crippen LogP contribution in [0.4, 0.5) is 4.79 Å². The van der Waals surface area contributed by atoms with Crippen molar-refractivity contribution in [3.05, 3.63) is 41.6 Å². The fourth-order valence-corrected chi connectivity index (χ4v) is 4.12. The molecule has 1 saturated carbocycles. The van der Waals surface area contributed by atoms with E-state index in [1.54, 1.807) is 0 Å². The number of ether oxygens (including phenoxy) is 1. The van der Waals surface area contributed by atoms with Crippen LogP contribution in [-0.2, 0) is 16.0 Å². The molecule has 1 aromatic carbocycles. The molecule has 1 aliphatic carbocycles. The molecule has 0 unspecified atom stereocenters. The van der Waals surface area contributed by atoms with E-state index < -0.39 is 23.1 Å². The van der Waals surface area contributed by atoms with E-state index in [1.807, 2.05) is 58.0 Å². The summed E-state index contributed by atoms with van der Waals surface area (Å²) in [5.41, 5.74) is 1.91. The summed E-state index contributed by atoms with van der Waals surface area (Å²) in [7, 11) is 0. The molecule has 1 aromatic heterocycles. The molecule has 0 bridgehead atoms. The number of alkyl carbamates (subject to hydrolysis) is 1. The van der Waals surface area contributed by atoms with Crippen molar-refractivity contribution < 1.29 is 19.4 Å². The maximum atomic E-state index is 12.1. The summed E-state index contributed by atoms with van der Waals surface area (Å²) in [6.45, 7) is 7.32. The monoisotopic (exact) mass is 439 g/mol. The maximum absolute atomic E-state index is 12.1. The zero-order valence-corrected chi connectivity index (χ0v) is 19.3. The number of carboxylic acid groups (broad SMARTS) is 1. The highest BCUT2D eigenvalue weighted by Gasteiger charge is 2.40. The Hall–Kier alpha value is -2.96. The van der Waals surface area contributed by atoms with Crippen LogP contribution in [-0.4, -0.2) is 33.5 Å². The number of aromatic nitrogens is 1. The normalized spacial score (nSPS) is 20.1. The van der Waals surface area contributed by atoms with Gasteiger partial charge in [-0.3, -0.25) is 9.78 Å². The number of carbonyl (C=O) groups excluding carboxylic acids is 1. The minimum absolute atomic E-state index is 0.314. The minimum atomic E-state index is -0.756. The molecule has 3 N–H and O–H groups in total. The van der Waals surface area contributed by atoms with E-state index in [-0.39, 0.29) is 6.04 Å². The number of pyridine rings is 1. The SMILES string of the molecule is C[C@@H](NC(=O)OC(C)(C)C)c1ccc2ccc(CCC3(C(=O)O)CCC(=N)CC3)cc2n1. The first-order valence-corrected chi connectivity index (χ1v) is 11.2. The molecule has 0 aliphatic heterocycles. The molecule has 0 saturated heterocycles. The first-order chi connectivity index (χ1) is 15.0. The van der Waals surface area contributed by atoms with Gasteiger partial charge in [0.15, 0.2) is 0 Å². The summed E-state index contributed by atoms with van der Waals surface area (Å²) >= 11 is 0. The third kappa shape index (κ3) is 5.84. The van der Waals surface area contributed by atoms with E-state index in [2.05, 4.69) is 5.32 Å². The molecule has 7 nitrogen and oxygen atoms in total. The van der Waals surface area contributed by atoms with E-state index in [0.717, 1.165) is 22.2 Å². The van der Waals surface area contributed by atoms with Gasteiger partial charge in [-0.25, -0.2) is 4.79 Å². The van der Waals surface area contributed by atoms with E-state index in [0.29, 0.717) is 44.2 Å². The maximum Gasteiger partial charge on any atom is 0.408 e. The molecule has 0 radical (unpaired) electrons. The van der Waals surface area contributed by atoms with Crippen molar-refractivity contribution >= 4 is 28.7 Å². The van der Waals surface area contributed by atoms with Crippen molar-refractivity contribution in [3.63, 3.8) is 0 Å². The summed E-state index contributed by atoms with van der Waals surface area (Å²) in [5, 5.41) is 21.4. The van der Waals surface area contributed by atoms with Crippen molar-refractivity contribution in [2.75, 3.05) is 0 Å². The largest absolute Gasteiger partial charge is 0.481 e. The number of amides is 1. The highest BCUT2D eigenvalue weighted by molar-refractivity contribution is 5.85. The molecule has 172 valence electrons. The molecule has 3 rings (SSSR count). The Morgan fingerprint density at radius 1 is 1.22 bits per heavy atom. The fourth-order valence-electron chi connectivity index (χ4n) is 4.12. The molecule has 0 spiro atoms. The number of carboxylic acids is 1. The Labute approximate surface area is 189 Å². The van der Waals surface area contributed by atoms with Gasteiger partial charge in [0.2, 0.25) is 0 Å². The number of nitrogens with one attached hydrogen (secondary N) is 2. The van der Waals surface area contributed by atoms with Crippen molar-refractivity contribution in [2.24, 2.45) is 5.41 Å². The number of fused-ring (bicyclic) bond motifs is 1. The fraction of sp³-hybridized carbons (Fsp3) is 0.520. The predicted octanol–water partition coefficient (Wildman–Crippen LogP) is 5.42. The summed E-state index contributed by atoms with van der Waals surface area (Å²) in [6.07, 6.45) is 2.91. The van der Waals surface area contributed by atoms with Gasteiger partial charge in [0.1, 0.15) is 5.60 Å². The topological polar surface area (TPSA) is 112 Å². The van der Waals surface area contributed by atoms with Crippen molar-refractivity contribution in [3.8, 4) is 0 Å². The first-order valence-electron chi connectivity index (χ1n) is 11.2. The molecule has 1 fully saturated rings. The van der Waals surface area contributed by atoms with Crippen LogP contribution in [0.15, 0.2) is 30.3 Å². The summed E-state index contributed by atoms with van der Waals surface area (Å²) in [5.74, 6) is -0.756. The Kier molecular flexibility index (Phi) is 6.86. The molecule has 2 aromatic rings. The molecular formula is C25H33N3O4. The third-order valence-electron chi connectivity index (χ3n) is 6.11. The molecule has 1 amide bonds. The van der Waals surface area contributed by atoms with Gasteiger partial charge >= 0.3 is 12.1 Å². The van der Waals surface area contributed by atoms with Crippen molar-refractivity contribution in [1.82, 2.24) is 10.3 Å². The van der Waals surface area contributed by atoms with E-state index >= 15 is 0 Å². The second-order valence-corrected chi connectivity index (χ2v) is 9.82. The average molecular weight is 440 g/mol. The van der Waals surface area contributed by atoms with Crippen LogP contribution in [0.2, 0.25) is 0 Å². The minimum Gasteiger partial charge on any atom is -0.481 e. The van der Waals surface area contributed by atoms with Crippen LogP contribution in [0.3, 0.4) is 0 Å². The van der Waals surface area contributed by atoms with Gasteiger partial charge in [0.25, 0.3) is 0 Å². The first kappa shape index (κ1) is 23.7. The number of hydrogen-bond acceptors (Lipinski definition) is 5. The lowest BCUT2D eigenvalue weighted by atomic mass is 9.70. The molecule has 1 heterocycles. The number of benzene rings is 1. The average Bonchev–Trinajstić information content (AvgIpc) is 2.71. The summed E-state index contributed by atoms with van der Waals surface area (Å²) in [6, 6.07) is 9.56. The van der Waals surface area contributed by atoms with Crippen LogP contribution >= 0.6 is 0 Å². The van der Waals surface area contributed by atoms with Gasteiger partial charge in [0.05, 0.1) is 22.7 Å². The Morgan fingerprint density at radius 2 is 1.88 bits per heavy atom. The second-order valence-electron chi connectivity index (χ2n) is 9.82. The predicted molar refractivity (Wildman–Crippen MR) is 124 cm³/mol. The molecule has 32 heavy (non-hydrogen) atoms. The lowest BCUT2D eigenvalue weighted by molar-refractivity contribution is -0.150. The van der Waals surface area contributed by atoms with Crippen LogP contribution in [0.1, 0.15) is 77.1 Å². The van der Waals surface area contributed by atoms with Crippen LogP contribution in [0.5, 0.6) is 0 Å². The highest BCUT2D eigenvalue weighted by atomic mass is 16.6. The van der Waals surface area contributed by atoms with Gasteiger partial charge in [-0.05, 0) is 83.9 Å². The van der Waals surface area contributed by atoms with Gasteiger partial charge < -0.3 is 20.6 Å². The van der Waals surface area contributed by atoms with Gasteiger partial charge in [-0.2, -0.15) is 0 Å². The number of aliphatic carboxylic acids is 1.